The van der Waals surface area contributed by atoms with Crippen molar-refractivity contribution >= 4 is 5.91 Å². The predicted molar refractivity (Wildman–Crippen MR) is 263 cm³/mol. The number of unbranched alkanes of at least 4 members (excludes halogenated alkanes) is 42. The van der Waals surface area contributed by atoms with Crippen LogP contribution in [0, 0.1) is 0 Å². The van der Waals surface area contributed by atoms with E-state index in [1.807, 2.05) is 0 Å². The summed E-state index contributed by atoms with van der Waals surface area (Å²) in [7, 11) is 0. The average molecular weight is 832 g/mol. The van der Waals surface area contributed by atoms with Crippen molar-refractivity contribution in [2.75, 3.05) is 6.61 Å². The van der Waals surface area contributed by atoms with Crippen LogP contribution in [0.1, 0.15) is 316 Å². The number of nitrogens with one attached hydrogen (secondary N) is 1. The summed E-state index contributed by atoms with van der Waals surface area (Å²) in [6.07, 6.45) is 66.2. The van der Waals surface area contributed by atoms with Crippen LogP contribution >= 0.6 is 0 Å². The Hall–Kier alpha value is -0.870. The van der Waals surface area contributed by atoms with Crippen molar-refractivity contribution in [2.24, 2.45) is 0 Å². The van der Waals surface area contributed by atoms with Crippen molar-refractivity contribution in [2.45, 2.75) is 328 Å². The third-order valence-electron chi connectivity index (χ3n) is 13.0. The highest BCUT2D eigenvalue weighted by atomic mass is 16.3. The summed E-state index contributed by atoms with van der Waals surface area (Å²) < 4.78 is 0. The first-order chi connectivity index (χ1) is 29.2. The normalized spacial score (nSPS) is 12.8. The lowest BCUT2D eigenvalue weighted by molar-refractivity contribution is -0.123. The Kier molecular flexibility index (Phi) is 50.7. The number of allylic oxidation sites excluding steroid dienone is 2. The van der Waals surface area contributed by atoms with Crippen LogP contribution in [0.25, 0.3) is 0 Å². The van der Waals surface area contributed by atoms with Gasteiger partial charge in [-0.3, -0.25) is 4.79 Å². The van der Waals surface area contributed by atoms with Crippen LogP contribution in [-0.2, 0) is 4.79 Å². The second kappa shape index (κ2) is 51.5. The molecule has 2 unspecified atom stereocenters. The lowest BCUT2D eigenvalue weighted by Gasteiger charge is -2.22. The molecule has 4 heteroatoms. The molecule has 0 aromatic rings. The van der Waals surface area contributed by atoms with Crippen molar-refractivity contribution in [3.63, 3.8) is 0 Å². The predicted octanol–water partition coefficient (Wildman–Crippen LogP) is 17.8. The molecule has 0 saturated heterocycles. The Morgan fingerprint density at radius 2 is 0.644 bits per heavy atom. The molecule has 59 heavy (non-hydrogen) atoms. The van der Waals surface area contributed by atoms with Crippen molar-refractivity contribution in [3.05, 3.63) is 12.2 Å². The number of rotatable bonds is 51. The van der Waals surface area contributed by atoms with Gasteiger partial charge >= 0.3 is 0 Å². The Bertz CT molecular complexity index is 814. The fourth-order valence-corrected chi connectivity index (χ4v) is 8.83. The zero-order valence-corrected chi connectivity index (χ0v) is 40.6. The van der Waals surface area contributed by atoms with E-state index in [4.69, 9.17) is 0 Å². The number of hydrogen-bond donors (Lipinski definition) is 3. The van der Waals surface area contributed by atoms with Crippen LogP contribution in [0.2, 0.25) is 0 Å². The van der Waals surface area contributed by atoms with Crippen LogP contribution in [0.5, 0.6) is 0 Å². The first kappa shape index (κ1) is 58.1. The second-order valence-electron chi connectivity index (χ2n) is 19.0. The van der Waals surface area contributed by atoms with Crippen molar-refractivity contribution in [1.29, 1.82) is 0 Å². The van der Waals surface area contributed by atoms with Gasteiger partial charge < -0.3 is 15.5 Å². The molecule has 352 valence electrons. The number of aliphatic hydroxyl groups is 2. The Balaban J connectivity index is 3.44. The molecule has 0 fully saturated rings. The molecule has 0 radical (unpaired) electrons. The van der Waals surface area contributed by atoms with E-state index in [9.17, 15) is 15.0 Å². The molecule has 0 bridgehead atoms. The molecule has 2 atom stereocenters. The molecule has 0 spiro atoms. The minimum Gasteiger partial charge on any atom is -0.394 e. The quantitative estimate of drug-likeness (QED) is 0.0422. The van der Waals surface area contributed by atoms with Gasteiger partial charge in [-0.15, -0.1) is 0 Å². The topological polar surface area (TPSA) is 69.6 Å². The molecule has 0 aromatic heterocycles. The molecular formula is C55H109NO3. The van der Waals surface area contributed by atoms with Gasteiger partial charge in [-0.1, -0.05) is 283 Å². The largest absolute Gasteiger partial charge is 0.394 e. The molecule has 0 saturated carbocycles. The number of hydrogen-bond acceptors (Lipinski definition) is 3. The van der Waals surface area contributed by atoms with Crippen LogP contribution in [0.15, 0.2) is 12.2 Å². The Morgan fingerprint density at radius 1 is 0.390 bits per heavy atom. The third kappa shape index (κ3) is 48.0. The standard InChI is InChI=1S/C55H109NO3/c1-3-5-7-9-11-13-15-17-19-21-23-25-26-27-28-29-31-33-35-37-39-41-43-45-47-49-51-55(59)56-53(52-57)54(58)50-48-46-44-42-40-38-36-34-32-30-24-22-20-18-16-14-12-10-8-6-4-2/h27-28,53-54,57-58H,3-26,29-52H2,1-2H3,(H,56,59)/b28-27-. The van der Waals surface area contributed by atoms with Gasteiger partial charge in [0.15, 0.2) is 0 Å². The lowest BCUT2D eigenvalue weighted by atomic mass is 10.0. The van der Waals surface area contributed by atoms with E-state index in [1.165, 1.54) is 263 Å². The molecule has 0 aliphatic rings. The summed E-state index contributed by atoms with van der Waals surface area (Å²) in [5.41, 5.74) is 0. The van der Waals surface area contributed by atoms with Crippen molar-refractivity contribution in [1.82, 2.24) is 5.32 Å². The van der Waals surface area contributed by atoms with Gasteiger partial charge in [0.05, 0.1) is 18.8 Å². The molecule has 3 N–H and O–H groups in total. The highest BCUT2D eigenvalue weighted by molar-refractivity contribution is 5.76. The van der Waals surface area contributed by atoms with Gasteiger partial charge in [0.1, 0.15) is 0 Å². The van der Waals surface area contributed by atoms with Gasteiger partial charge in [-0.2, -0.15) is 0 Å². The zero-order valence-electron chi connectivity index (χ0n) is 40.6. The van der Waals surface area contributed by atoms with E-state index in [1.54, 1.807) is 0 Å². The van der Waals surface area contributed by atoms with E-state index < -0.39 is 12.1 Å². The summed E-state index contributed by atoms with van der Waals surface area (Å²) in [6, 6.07) is -0.535. The van der Waals surface area contributed by atoms with Crippen LogP contribution in [0.4, 0.5) is 0 Å². The maximum atomic E-state index is 12.5. The monoisotopic (exact) mass is 832 g/mol. The average Bonchev–Trinajstić information content (AvgIpc) is 3.24. The first-order valence-corrected chi connectivity index (χ1v) is 27.4. The number of amides is 1. The molecule has 1 amide bonds. The highest BCUT2D eigenvalue weighted by Crippen LogP contribution is 2.18. The van der Waals surface area contributed by atoms with E-state index in [0.29, 0.717) is 12.8 Å². The van der Waals surface area contributed by atoms with Crippen LogP contribution < -0.4 is 5.32 Å². The van der Waals surface area contributed by atoms with Crippen molar-refractivity contribution < 1.29 is 15.0 Å². The molecule has 0 aliphatic carbocycles. The molecule has 4 nitrogen and oxygen atoms in total. The first-order valence-electron chi connectivity index (χ1n) is 27.4. The summed E-state index contributed by atoms with van der Waals surface area (Å²) in [6.45, 7) is 4.40. The fraction of sp³-hybridized carbons (Fsp3) is 0.945. The smallest absolute Gasteiger partial charge is 0.220 e. The van der Waals surface area contributed by atoms with Crippen molar-refractivity contribution in [3.8, 4) is 0 Å². The van der Waals surface area contributed by atoms with Gasteiger partial charge in [0.25, 0.3) is 0 Å². The maximum absolute atomic E-state index is 12.5. The van der Waals surface area contributed by atoms with E-state index in [-0.39, 0.29) is 12.5 Å². The molecule has 0 rings (SSSR count). The molecule has 0 heterocycles. The molecular weight excluding hydrogens is 723 g/mol. The Morgan fingerprint density at radius 3 is 0.932 bits per heavy atom. The van der Waals surface area contributed by atoms with Crippen LogP contribution in [-0.4, -0.2) is 34.9 Å². The Labute approximate surface area is 371 Å². The van der Waals surface area contributed by atoms with Gasteiger partial charge in [0, 0.05) is 6.42 Å². The van der Waals surface area contributed by atoms with Crippen LogP contribution in [0.3, 0.4) is 0 Å². The molecule has 0 aromatic carbocycles. The third-order valence-corrected chi connectivity index (χ3v) is 13.0. The minimum absolute atomic E-state index is 0.0268. The maximum Gasteiger partial charge on any atom is 0.220 e. The zero-order chi connectivity index (χ0) is 42.8. The number of carbonyl (C=O) groups is 1. The summed E-state index contributed by atoms with van der Waals surface area (Å²) in [4.78, 5) is 12.5. The summed E-state index contributed by atoms with van der Waals surface area (Å²) in [5, 5.41) is 23.3. The second-order valence-corrected chi connectivity index (χ2v) is 19.0. The summed E-state index contributed by atoms with van der Waals surface area (Å²) in [5.74, 6) is -0.0268. The van der Waals surface area contributed by atoms with E-state index in [0.717, 1.165) is 25.7 Å². The SMILES string of the molecule is CCCCCCCCCCCCCC/C=C\CCCCCCCCCCCCC(=O)NC(CO)C(O)CCCCCCCCCCCCCCCCCCCCCCC. The fourth-order valence-electron chi connectivity index (χ4n) is 8.83. The van der Waals surface area contributed by atoms with E-state index >= 15 is 0 Å². The lowest BCUT2D eigenvalue weighted by Crippen LogP contribution is -2.45. The minimum atomic E-state index is -0.658. The number of carbonyl (C=O) groups excluding carboxylic acids is 1. The van der Waals surface area contributed by atoms with E-state index in [2.05, 4.69) is 31.3 Å². The molecule has 0 aliphatic heterocycles. The number of aliphatic hydroxyl groups excluding tert-OH is 2. The summed E-state index contributed by atoms with van der Waals surface area (Å²) >= 11 is 0. The van der Waals surface area contributed by atoms with Gasteiger partial charge in [-0.25, -0.2) is 0 Å². The highest BCUT2D eigenvalue weighted by Gasteiger charge is 2.20. The van der Waals surface area contributed by atoms with Gasteiger partial charge in [0.2, 0.25) is 5.91 Å². The van der Waals surface area contributed by atoms with Gasteiger partial charge in [-0.05, 0) is 38.5 Å².